The van der Waals surface area contributed by atoms with Crippen molar-refractivity contribution in [2.45, 2.75) is 20.0 Å². The summed E-state index contributed by atoms with van der Waals surface area (Å²) in [5, 5.41) is 4.89. The summed E-state index contributed by atoms with van der Waals surface area (Å²) in [7, 11) is 1.72. The molecule has 5 heteroatoms. The minimum absolute atomic E-state index is 0.137. The second-order valence-electron chi connectivity index (χ2n) is 4.67. The predicted molar refractivity (Wildman–Crippen MR) is 79.2 cm³/mol. The van der Waals surface area contributed by atoms with Crippen molar-refractivity contribution in [2.75, 3.05) is 7.05 Å². The molecule has 1 aromatic carbocycles. The van der Waals surface area contributed by atoms with E-state index in [1.807, 2.05) is 18.4 Å². The molecule has 1 N–H and O–H groups in total. The van der Waals surface area contributed by atoms with Crippen LogP contribution in [0.2, 0.25) is 0 Å². The number of benzene rings is 1. The van der Waals surface area contributed by atoms with Gasteiger partial charge in [-0.2, -0.15) is 0 Å². The van der Waals surface area contributed by atoms with Crippen molar-refractivity contribution in [3.8, 4) is 0 Å². The van der Waals surface area contributed by atoms with Crippen LogP contribution in [0.5, 0.6) is 0 Å². The second kappa shape index (κ2) is 6.52. The van der Waals surface area contributed by atoms with Gasteiger partial charge in [-0.3, -0.25) is 0 Å². The van der Waals surface area contributed by atoms with E-state index in [0.717, 1.165) is 10.4 Å². The standard InChI is InChI=1S/C15H17FN2OS/c1-11-7-8-20-14(11)9-17-15(19)18(2)10-12-3-5-13(16)6-4-12/h3-8H,9-10H2,1-2H3,(H,17,19). The van der Waals surface area contributed by atoms with E-state index in [1.165, 1.54) is 17.7 Å². The molecule has 0 spiro atoms. The van der Waals surface area contributed by atoms with Crippen LogP contribution < -0.4 is 5.32 Å². The number of hydrogen-bond donors (Lipinski definition) is 1. The van der Waals surface area contributed by atoms with Gasteiger partial charge in [0.2, 0.25) is 0 Å². The molecular weight excluding hydrogens is 275 g/mol. The van der Waals surface area contributed by atoms with E-state index in [-0.39, 0.29) is 11.8 Å². The van der Waals surface area contributed by atoms with Crippen LogP contribution in [0, 0.1) is 12.7 Å². The average molecular weight is 292 g/mol. The predicted octanol–water partition coefficient (Wildman–Crippen LogP) is 3.54. The first kappa shape index (κ1) is 14.5. The summed E-state index contributed by atoms with van der Waals surface area (Å²) in [5.74, 6) is -0.269. The molecule has 0 radical (unpaired) electrons. The summed E-state index contributed by atoms with van der Waals surface area (Å²) in [6, 6.07) is 8.06. The molecule has 2 aromatic rings. The van der Waals surface area contributed by atoms with Crippen molar-refractivity contribution in [3.05, 3.63) is 57.5 Å². The van der Waals surface area contributed by atoms with E-state index in [4.69, 9.17) is 0 Å². The van der Waals surface area contributed by atoms with Crippen LogP contribution in [0.25, 0.3) is 0 Å². The van der Waals surface area contributed by atoms with Gasteiger partial charge >= 0.3 is 6.03 Å². The number of aryl methyl sites for hydroxylation is 1. The van der Waals surface area contributed by atoms with Gasteiger partial charge in [-0.15, -0.1) is 11.3 Å². The highest BCUT2D eigenvalue weighted by Crippen LogP contribution is 2.15. The van der Waals surface area contributed by atoms with E-state index in [9.17, 15) is 9.18 Å². The zero-order valence-electron chi connectivity index (χ0n) is 11.5. The summed E-state index contributed by atoms with van der Waals surface area (Å²) in [4.78, 5) is 14.7. The van der Waals surface area contributed by atoms with Crippen LogP contribution in [0.15, 0.2) is 35.7 Å². The van der Waals surface area contributed by atoms with Crippen LogP contribution in [-0.2, 0) is 13.1 Å². The molecule has 0 saturated heterocycles. The molecule has 0 fully saturated rings. The van der Waals surface area contributed by atoms with Gasteiger partial charge in [-0.25, -0.2) is 9.18 Å². The maximum absolute atomic E-state index is 12.8. The highest BCUT2D eigenvalue weighted by atomic mass is 32.1. The van der Waals surface area contributed by atoms with Crippen LogP contribution in [0.4, 0.5) is 9.18 Å². The third-order valence-corrected chi connectivity index (χ3v) is 4.07. The lowest BCUT2D eigenvalue weighted by atomic mass is 10.2. The molecule has 0 bridgehead atoms. The lowest BCUT2D eigenvalue weighted by Crippen LogP contribution is -2.36. The van der Waals surface area contributed by atoms with Gasteiger partial charge in [0.1, 0.15) is 5.82 Å². The first-order valence-corrected chi connectivity index (χ1v) is 7.20. The fraction of sp³-hybridized carbons (Fsp3) is 0.267. The van der Waals surface area contributed by atoms with Crippen LogP contribution in [0.3, 0.4) is 0 Å². The third-order valence-electron chi connectivity index (χ3n) is 3.05. The smallest absolute Gasteiger partial charge is 0.317 e. The molecule has 0 aliphatic rings. The molecule has 3 nitrogen and oxygen atoms in total. The number of rotatable bonds is 4. The molecular formula is C15H17FN2OS. The second-order valence-corrected chi connectivity index (χ2v) is 5.67. The monoisotopic (exact) mass is 292 g/mol. The van der Waals surface area contributed by atoms with Crippen LogP contribution >= 0.6 is 11.3 Å². The summed E-state index contributed by atoms with van der Waals surface area (Å²) >= 11 is 1.63. The summed E-state index contributed by atoms with van der Waals surface area (Å²) in [5.41, 5.74) is 2.09. The fourth-order valence-corrected chi connectivity index (χ4v) is 2.66. The number of nitrogens with one attached hydrogen (secondary N) is 1. The Morgan fingerprint density at radius 3 is 2.60 bits per heavy atom. The van der Waals surface area contributed by atoms with Gasteiger partial charge in [0.05, 0.1) is 6.54 Å². The van der Waals surface area contributed by atoms with Gasteiger partial charge in [0.25, 0.3) is 0 Å². The van der Waals surface area contributed by atoms with E-state index in [1.54, 1.807) is 35.4 Å². The minimum atomic E-state index is -0.269. The summed E-state index contributed by atoms with van der Waals surface area (Å²) in [6.07, 6.45) is 0. The molecule has 0 aliphatic heterocycles. The highest BCUT2D eigenvalue weighted by Gasteiger charge is 2.09. The minimum Gasteiger partial charge on any atom is -0.333 e. The zero-order valence-corrected chi connectivity index (χ0v) is 12.3. The van der Waals surface area contributed by atoms with E-state index in [2.05, 4.69) is 5.32 Å². The highest BCUT2D eigenvalue weighted by molar-refractivity contribution is 7.10. The molecule has 0 atom stereocenters. The topological polar surface area (TPSA) is 32.3 Å². The van der Waals surface area contributed by atoms with Crippen molar-refractivity contribution >= 4 is 17.4 Å². The van der Waals surface area contributed by atoms with Crippen LogP contribution in [0.1, 0.15) is 16.0 Å². The zero-order chi connectivity index (χ0) is 14.5. The SMILES string of the molecule is Cc1ccsc1CNC(=O)N(C)Cc1ccc(F)cc1. The summed E-state index contributed by atoms with van der Waals surface area (Å²) < 4.78 is 12.8. The van der Waals surface area contributed by atoms with E-state index in [0.29, 0.717) is 13.1 Å². The Labute approximate surface area is 122 Å². The Morgan fingerprint density at radius 1 is 1.30 bits per heavy atom. The quantitative estimate of drug-likeness (QED) is 0.918. The molecule has 1 heterocycles. The van der Waals surface area contributed by atoms with Gasteiger partial charge in [-0.1, -0.05) is 12.1 Å². The molecule has 20 heavy (non-hydrogen) atoms. The van der Waals surface area contributed by atoms with Gasteiger partial charge < -0.3 is 10.2 Å². The lowest BCUT2D eigenvalue weighted by molar-refractivity contribution is 0.206. The number of carbonyl (C=O) groups excluding carboxylic acids is 1. The Morgan fingerprint density at radius 2 is 2.00 bits per heavy atom. The van der Waals surface area contributed by atoms with E-state index < -0.39 is 0 Å². The Balaban J connectivity index is 1.86. The maximum Gasteiger partial charge on any atom is 0.317 e. The van der Waals surface area contributed by atoms with Crippen molar-refractivity contribution < 1.29 is 9.18 Å². The molecule has 2 amide bonds. The van der Waals surface area contributed by atoms with Gasteiger partial charge in [0, 0.05) is 18.5 Å². The average Bonchev–Trinajstić information content (AvgIpc) is 2.84. The first-order chi connectivity index (χ1) is 9.56. The number of carbonyl (C=O) groups is 1. The number of urea groups is 1. The van der Waals surface area contributed by atoms with Crippen molar-refractivity contribution in [1.82, 2.24) is 10.2 Å². The van der Waals surface area contributed by atoms with Crippen molar-refractivity contribution in [2.24, 2.45) is 0 Å². The number of hydrogen-bond acceptors (Lipinski definition) is 2. The summed E-state index contributed by atoms with van der Waals surface area (Å²) in [6.45, 7) is 3.02. The lowest BCUT2D eigenvalue weighted by Gasteiger charge is -2.18. The van der Waals surface area contributed by atoms with Gasteiger partial charge in [-0.05, 0) is 41.6 Å². The number of nitrogens with zero attached hydrogens (tertiary/aromatic N) is 1. The van der Waals surface area contributed by atoms with E-state index >= 15 is 0 Å². The first-order valence-electron chi connectivity index (χ1n) is 6.32. The molecule has 1 aromatic heterocycles. The molecule has 2 rings (SSSR count). The number of amides is 2. The Kier molecular flexibility index (Phi) is 4.74. The molecule has 0 saturated carbocycles. The van der Waals surface area contributed by atoms with Gasteiger partial charge in [0.15, 0.2) is 0 Å². The molecule has 106 valence electrons. The van der Waals surface area contributed by atoms with Crippen molar-refractivity contribution in [1.29, 1.82) is 0 Å². The van der Waals surface area contributed by atoms with Crippen molar-refractivity contribution in [3.63, 3.8) is 0 Å². The number of halogens is 1. The Bertz CT molecular complexity index is 580. The largest absolute Gasteiger partial charge is 0.333 e. The normalized spacial score (nSPS) is 10.3. The number of thiophene rings is 1. The maximum atomic E-state index is 12.8. The fourth-order valence-electron chi connectivity index (χ4n) is 1.81. The molecule has 0 unspecified atom stereocenters. The van der Waals surface area contributed by atoms with Crippen LogP contribution in [-0.4, -0.2) is 18.0 Å². The Hall–Kier alpha value is -1.88. The third kappa shape index (κ3) is 3.81. The molecule has 0 aliphatic carbocycles.